The van der Waals surface area contributed by atoms with Crippen molar-refractivity contribution in [2.75, 3.05) is 5.32 Å². The molecule has 0 saturated carbocycles. The Kier molecular flexibility index (Phi) is 3.41. The highest BCUT2D eigenvalue weighted by atomic mass is 16.1. The average molecular weight is 294 g/mol. The summed E-state index contributed by atoms with van der Waals surface area (Å²) < 4.78 is 1.72. The molecule has 0 unspecified atom stereocenters. The van der Waals surface area contributed by atoms with Gasteiger partial charge in [0.1, 0.15) is 0 Å². The van der Waals surface area contributed by atoms with Gasteiger partial charge in [-0.1, -0.05) is 12.1 Å². The van der Waals surface area contributed by atoms with E-state index in [0.717, 1.165) is 33.5 Å². The number of hydrogen-bond donors (Lipinski definition) is 1. The second-order valence-corrected chi connectivity index (χ2v) is 5.58. The number of benzene rings is 1. The maximum Gasteiger partial charge on any atom is 0.257 e. The van der Waals surface area contributed by atoms with Crippen molar-refractivity contribution in [1.29, 1.82) is 0 Å². The molecule has 0 aliphatic carbocycles. The molecule has 5 heteroatoms. The quantitative estimate of drug-likeness (QED) is 0.790. The fourth-order valence-corrected chi connectivity index (χ4v) is 2.50. The van der Waals surface area contributed by atoms with Crippen LogP contribution in [0, 0.1) is 20.8 Å². The lowest BCUT2D eigenvalue weighted by atomic mass is 10.1. The Bertz CT molecular complexity index is 880. The SMILES string of the molecule is Cc1ccc(C)c(NC(=O)c2cnc3c(c2)c(C)nn3C)c1. The summed E-state index contributed by atoms with van der Waals surface area (Å²) in [6, 6.07) is 7.83. The van der Waals surface area contributed by atoms with E-state index in [4.69, 9.17) is 0 Å². The molecule has 22 heavy (non-hydrogen) atoms. The Morgan fingerprint density at radius 2 is 1.95 bits per heavy atom. The number of anilines is 1. The number of pyridine rings is 1. The number of carbonyl (C=O) groups excluding carboxylic acids is 1. The molecule has 0 bridgehead atoms. The summed E-state index contributed by atoms with van der Waals surface area (Å²) in [5, 5.41) is 8.17. The predicted molar refractivity (Wildman–Crippen MR) is 87.1 cm³/mol. The summed E-state index contributed by atoms with van der Waals surface area (Å²) in [7, 11) is 1.85. The van der Waals surface area contributed by atoms with Crippen molar-refractivity contribution in [3.63, 3.8) is 0 Å². The van der Waals surface area contributed by atoms with Gasteiger partial charge in [0.15, 0.2) is 5.65 Å². The molecule has 1 N–H and O–H groups in total. The van der Waals surface area contributed by atoms with Crippen LogP contribution >= 0.6 is 0 Å². The van der Waals surface area contributed by atoms with Crippen molar-refractivity contribution >= 4 is 22.6 Å². The molecule has 0 aliphatic rings. The lowest BCUT2D eigenvalue weighted by Crippen LogP contribution is -2.13. The highest BCUT2D eigenvalue weighted by Gasteiger charge is 2.12. The Labute approximate surface area is 129 Å². The zero-order valence-corrected chi connectivity index (χ0v) is 13.1. The van der Waals surface area contributed by atoms with Crippen molar-refractivity contribution < 1.29 is 4.79 Å². The second-order valence-electron chi connectivity index (χ2n) is 5.58. The van der Waals surface area contributed by atoms with E-state index in [9.17, 15) is 4.79 Å². The van der Waals surface area contributed by atoms with E-state index in [0.29, 0.717) is 5.56 Å². The Morgan fingerprint density at radius 3 is 2.73 bits per heavy atom. The minimum absolute atomic E-state index is 0.161. The van der Waals surface area contributed by atoms with Gasteiger partial charge in [-0.3, -0.25) is 9.48 Å². The van der Waals surface area contributed by atoms with Crippen LogP contribution in [-0.4, -0.2) is 20.7 Å². The standard InChI is InChI=1S/C17H18N4O/c1-10-5-6-11(2)15(7-10)19-17(22)13-8-14-12(3)20-21(4)16(14)18-9-13/h5-9H,1-4H3,(H,19,22). The first-order valence-electron chi connectivity index (χ1n) is 7.13. The first-order valence-corrected chi connectivity index (χ1v) is 7.13. The fraction of sp³-hybridized carbons (Fsp3) is 0.235. The highest BCUT2D eigenvalue weighted by Crippen LogP contribution is 2.20. The molecule has 3 aromatic rings. The van der Waals surface area contributed by atoms with Crippen molar-refractivity contribution in [3.05, 3.63) is 52.8 Å². The lowest BCUT2D eigenvalue weighted by Gasteiger charge is -2.09. The fourth-order valence-electron chi connectivity index (χ4n) is 2.50. The first kappa shape index (κ1) is 14.3. The average Bonchev–Trinajstić information content (AvgIpc) is 2.77. The minimum Gasteiger partial charge on any atom is -0.322 e. The van der Waals surface area contributed by atoms with E-state index in [-0.39, 0.29) is 5.91 Å². The third-order valence-electron chi connectivity index (χ3n) is 3.77. The number of amides is 1. The molecular formula is C17H18N4O. The number of fused-ring (bicyclic) bond motifs is 1. The molecule has 0 saturated heterocycles. The molecular weight excluding hydrogens is 276 g/mol. The predicted octanol–water partition coefficient (Wildman–Crippen LogP) is 3.15. The van der Waals surface area contributed by atoms with Gasteiger partial charge >= 0.3 is 0 Å². The van der Waals surface area contributed by atoms with Gasteiger partial charge in [0.05, 0.1) is 11.3 Å². The summed E-state index contributed by atoms with van der Waals surface area (Å²) in [5.74, 6) is -0.161. The Morgan fingerprint density at radius 1 is 1.18 bits per heavy atom. The maximum atomic E-state index is 12.5. The molecule has 0 spiro atoms. The summed E-state index contributed by atoms with van der Waals surface area (Å²) in [6.07, 6.45) is 1.59. The van der Waals surface area contributed by atoms with Gasteiger partial charge in [-0.2, -0.15) is 5.10 Å². The smallest absolute Gasteiger partial charge is 0.257 e. The van der Waals surface area contributed by atoms with E-state index in [1.165, 1.54) is 0 Å². The summed E-state index contributed by atoms with van der Waals surface area (Å²) in [4.78, 5) is 16.8. The molecule has 0 atom stereocenters. The van der Waals surface area contributed by atoms with E-state index in [2.05, 4.69) is 15.4 Å². The first-order chi connectivity index (χ1) is 10.5. The van der Waals surface area contributed by atoms with Gasteiger partial charge in [0.2, 0.25) is 0 Å². The summed E-state index contributed by atoms with van der Waals surface area (Å²) in [5.41, 5.74) is 5.15. The van der Waals surface area contributed by atoms with E-state index < -0.39 is 0 Å². The van der Waals surface area contributed by atoms with Gasteiger partial charge in [-0.25, -0.2) is 4.98 Å². The summed E-state index contributed by atoms with van der Waals surface area (Å²) in [6.45, 7) is 5.89. The van der Waals surface area contributed by atoms with Crippen LogP contribution in [0.4, 0.5) is 5.69 Å². The molecule has 0 fully saturated rings. The number of hydrogen-bond acceptors (Lipinski definition) is 3. The highest BCUT2D eigenvalue weighted by molar-refractivity contribution is 6.06. The molecule has 2 aromatic heterocycles. The molecule has 3 rings (SSSR count). The van der Waals surface area contributed by atoms with Crippen LogP contribution in [0.25, 0.3) is 11.0 Å². The van der Waals surface area contributed by atoms with Crippen LogP contribution in [0.2, 0.25) is 0 Å². The molecule has 0 radical (unpaired) electrons. The summed E-state index contributed by atoms with van der Waals surface area (Å²) >= 11 is 0. The second kappa shape index (κ2) is 5.26. The third kappa shape index (κ3) is 2.45. The number of nitrogens with one attached hydrogen (secondary N) is 1. The molecule has 0 aliphatic heterocycles. The van der Waals surface area contributed by atoms with Gasteiger partial charge in [-0.15, -0.1) is 0 Å². The molecule has 5 nitrogen and oxygen atoms in total. The topological polar surface area (TPSA) is 59.8 Å². The number of nitrogens with zero attached hydrogens (tertiary/aromatic N) is 3. The van der Waals surface area contributed by atoms with Gasteiger partial charge in [0, 0.05) is 24.3 Å². The lowest BCUT2D eigenvalue weighted by molar-refractivity contribution is 0.102. The largest absolute Gasteiger partial charge is 0.322 e. The Hall–Kier alpha value is -2.69. The maximum absolute atomic E-state index is 12.5. The molecule has 2 heterocycles. The van der Waals surface area contributed by atoms with Crippen molar-refractivity contribution in [1.82, 2.24) is 14.8 Å². The van der Waals surface area contributed by atoms with E-state index in [1.807, 2.05) is 52.1 Å². The van der Waals surface area contributed by atoms with Crippen LogP contribution in [0.1, 0.15) is 27.2 Å². The zero-order chi connectivity index (χ0) is 15.9. The van der Waals surface area contributed by atoms with Crippen LogP contribution in [-0.2, 0) is 7.05 Å². The third-order valence-corrected chi connectivity index (χ3v) is 3.77. The van der Waals surface area contributed by atoms with E-state index in [1.54, 1.807) is 10.9 Å². The van der Waals surface area contributed by atoms with Crippen LogP contribution in [0.3, 0.4) is 0 Å². The van der Waals surface area contributed by atoms with Gasteiger partial charge in [-0.05, 0) is 44.0 Å². The van der Waals surface area contributed by atoms with Crippen LogP contribution in [0.5, 0.6) is 0 Å². The van der Waals surface area contributed by atoms with Crippen molar-refractivity contribution in [2.24, 2.45) is 7.05 Å². The number of aryl methyl sites for hydroxylation is 4. The van der Waals surface area contributed by atoms with Crippen molar-refractivity contribution in [2.45, 2.75) is 20.8 Å². The number of rotatable bonds is 2. The van der Waals surface area contributed by atoms with Crippen LogP contribution in [0.15, 0.2) is 30.5 Å². The van der Waals surface area contributed by atoms with E-state index >= 15 is 0 Å². The molecule has 112 valence electrons. The molecule has 1 aromatic carbocycles. The van der Waals surface area contributed by atoms with Gasteiger partial charge in [0.25, 0.3) is 5.91 Å². The van der Waals surface area contributed by atoms with Crippen LogP contribution < -0.4 is 5.32 Å². The normalized spacial score (nSPS) is 10.9. The minimum atomic E-state index is -0.161. The number of carbonyl (C=O) groups is 1. The molecule has 1 amide bonds. The van der Waals surface area contributed by atoms with Crippen molar-refractivity contribution in [3.8, 4) is 0 Å². The monoisotopic (exact) mass is 294 g/mol. The van der Waals surface area contributed by atoms with Gasteiger partial charge < -0.3 is 5.32 Å². The zero-order valence-electron chi connectivity index (χ0n) is 13.1. The number of aromatic nitrogens is 3. The Balaban J connectivity index is 1.95.